The lowest BCUT2D eigenvalue weighted by Crippen LogP contribution is -2.58. The number of carbonyl (C=O) groups is 2. The first kappa shape index (κ1) is 28.8. The molecule has 0 radical (unpaired) electrons. The largest absolute Gasteiger partial charge is 0.482 e. The van der Waals surface area contributed by atoms with Crippen LogP contribution in [0.1, 0.15) is 33.3 Å². The van der Waals surface area contributed by atoms with Crippen LogP contribution in [0.2, 0.25) is 5.02 Å². The molecule has 1 aliphatic heterocycles. The smallest absolute Gasteiger partial charge is 0.267 e. The predicted molar refractivity (Wildman–Crippen MR) is 136 cm³/mol. The summed E-state index contributed by atoms with van der Waals surface area (Å²) in [5.41, 5.74) is -0.967. The quantitative estimate of drug-likeness (QED) is 0.514. The van der Waals surface area contributed by atoms with Gasteiger partial charge in [0.1, 0.15) is 22.1 Å². The Morgan fingerprint density at radius 2 is 1.78 bits per heavy atom. The first-order chi connectivity index (χ1) is 17.2. The van der Waals surface area contributed by atoms with Gasteiger partial charge in [0.15, 0.2) is 6.61 Å². The minimum atomic E-state index is -4.45. The fraction of sp³-hybridized carbons (Fsp3) is 0.440. The highest BCUT2D eigenvalue weighted by atomic mass is 35.5. The van der Waals surface area contributed by atoms with Gasteiger partial charge in [-0.15, -0.1) is 0 Å². The maximum Gasteiger partial charge on any atom is 0.267 e. The van der Waals surface area contributed by atoms with Crippen molar-refractivity contribution in [3.8, 4) is 5.75 Å². The third-order valence-corrected chi connectivity index (χ3v) is 7.65. The summed E-state index contributed by atoms with van der Waals surface area (Å²) in [6.07, 6.45) is 0. The zero-order valence-electron chi connectivity index (χ0n) is 21.1. The van der Waals surface area contributed by atoms with E-state index >= 15 is 0 Å². The Morgan fingerprint density at radius 1 is 1.14 bits per heavy atom. The number of aliphatic hydroxyl groups is 1. The predicted octanol–water partition coefficient (Wildman–Crippen LogP) is 2.56. The van der Waals surface area contributed by atoms with Gasteiger partial charge < -0.3 is 14.7 Å². The number of sulfonamides is 1. The molecule has 0 bridgehead atoms. The van der Waals surface area contributed by atoms with Crippen molar-refractivity contribution in [2.75, 3.05) is 19.7 Å². The summed E-state index contributed by atoms with van der Waals surface area (Å²) in [6.45, 7) is 7.40. The average Bonchev–Trinajstić information content (AvgIpc) is 2.80. The molecule has 1 fully saturated rings. The van der Waals surface area contributed by atoms with Crippen molar-refractivity contribution in [2.45, 2.75) is 56.8 Å². The van der Waals surface area contributed by atoms with Gasteiger partial charge in [-0.25, -0.2) is 17.5 Å². The molecule has 0 aliphatic carbocycles. The number of hydrogen-bond donors (Lipinski definition) is 2. The third kappa shape index (κ3) is 7.41. The molecular weight excluding hydrogens is 525 g/mol. The SMILES string of the molecule is CC1CN(C(=O)COc2ccc(Cl)cc2S(=O)(=O)NC(=O)C(C)(C)O)C(C)CN1Cc1ccc(F)cc1. The van der Waals surface area contributed by atoms with Crippen LogP contribution >= 0.6 is 11.6 Å². The lowest BCUT2D eigenvalue weighted by molar-refractivity contribution is -0.139. The van der Waals surface area contributed by atoms with Crippen molar-refractivity contribution in [3.63, 3.8) is 0 Å². The first-order valence-electron chi connectivity index (χ1n) is 11.7. The zero-order valence-corrected chi connectivity index (χ0v) is 22.6. The molecule has 2 amide bonds. The third-order valence-electron chi connectivity index (χ3n) is 6.06. The Balaban J connectivity index is 1.67. The van der Waals surface area contributed by atoms with E-state index in [1.807, 2.05) is 13.8 Å². The van der Waals surface area contributed by atoms with E-state index in [-0.39, 0.29) is 34.6 Å². The Hall–Kier alpha value is -2.73. The van der Waals surface area contributed by atoms with Crippen molar-refractivity contribution in [1.29, 1.82) is 0 Å². The van der Waals surface area contributed by atoms with Crippen LogP contribution in [0.3, 0.4) is 0 Å². The van der Waals surface area contributed by atoms with Gasteiger partial charge in [0.2, 0.25) is 0 Å². The number of rotatable bonds is 8. The monoisotopic (exact) mass is 555 g/mol. The van der Waals surface area contributed by atoms with Crippen molar-refractivity contribution in [1.82, 2.24) is 14.5 Å². The molecule has 1 aliphatic rings. The summed E-state index contributed by atoms with van der Waals surface area (Å²) < 4.78 is 46.2. The van der Waals surface area contributed by atoms with Gasteiger partial charge in [0, 0.05) is 36.7 Å². The summed E-state index contributed by atoms with van der Waals surface area (Å²) >= 11 is 5.97. The van der Waals surface area contributed by atoms with E-state index in [1.54, 1.807) is 21.8 Å². The number of ether oxygens (including phenoxy) is 1. The van der Waals surface area contributed by atoms with Crippen LogP contribution in [0.4, 0.5) is 4.39 Å². The summed E-state index contributed by atoms with van der Waals surface area (Å²) in [5.74, 6) is -1.92. The highest BCUT2D eigenvalue weighted by molar-refractivity contribution is 7.90. The summed E-state index contributed by atoms with van der Waals surface area (Å²) in [5, 5.41) is 9.87. The fourth-order valence-corrected chi connectivity index (χ4v) is 5.44. The number of nitrogens with zero attached hydrogens (tertiary/aromatic N) is 2. The highest BCUT2D eigenvalue weighted by Gasteiger charge is 2.33. The normalized spacial score (nSPS) is 18.9. The molecule has 2 N–H and O–H groups in total. The van der Waals surface area contributed by atoms with Crippen molar-refractivity contribution >= 4 is 33.4 Å². The molecule has 0 saturated carbocycles. The minimum absolute atomic E-state index is 0.0220. The van der Waals surface area contributed by atoms with Crippen molar-refractivity contribution < 1.29 is 32.2 Å². The van der Waals surface area contributed by atoms with Gasteiger partial charge in [-0.05, 0) is 63.6 Å². The number of halogens is 2. The molecule has 0 spiro atoms. The van der Waals surface area contributed by atoms with Crippen LogP contribution in [0.25, 0.3) is 0 Å². The Bertz CT molecular complexity index is 1250. The highest BCUT2D eigenvalue weighted by Crippen LogP contribution is 2.28. The minimum Gasteiger partial charge on any atom is -0.482 e. The van der Waals surface area contributed by atoms with E-state index in [0.29, 0.717) is 19.6 Å². The zero-order chi connectivity index (χ0) is 27.5. The summed E-state index contributed by atoms with van der Waals surface area (Å²) in [4.78, 5) is 28.5. The van der Waals surface area contributed by atoms with Crippen LogP contribution in [0.15, 0.2) is 47.4 Å². The average molecular weight is 556 g/mol. The molecule has 37 heavy (non-hydrogen) atoms. The molecule has 1 heterocycles. The molecule has 2 atom stereocenters. The van der Waals surface area contributed by atoms with E-state index < -0.39 is 33.0 Å². The Morgan fingerprint density at radius 3 is 2.41 bits per heavy atom. The standard InChI is InChI=1S/C25H31ClFN3O6S/c1-16-13-30(17(2)12-29(16)14-18-5-8-20(27)9-6-18)23(31)15-36-21-10-7-19(26)11-22(21)37(34,35)28-24(32)25(3,4)33/h5-11,16-17,33H,12-15H2,1-4H3,(H,28,32). The van der Waals surface area contributed by atoms with Gasteiger partial charge in [0.05, 0.1) is 0 Å². The van der Waals surface area contributed by atoms with E-state index in [1.165, 1.54) is 24.3 Å². The maximum absolute atomic E-state index is 13.2. The number of piperazine rings is 1. The fourth-order valence-electron chi connectivity index (χ4n) is 3.93. The van der Waals surface area contributed by atoms with Crippen LogP contribution in [-0.4, -0.2) is 72.5 Å². The summed E-state index contributed by atoms with van der Waals surface area (Å²) in [6, 6.07) is 9.98. The van der Waals surface area contributed by atoms with Crippen LogP contribution in [0, 0.1) is 5.82 Å². The number of hydrogen-bond acceptors (Lipinski definition) is 7. The molecule has 0 aromatic heterocycles. The van der Waals surface area contributed by atoms with Crippen LogP contribution in [-0.2, 0) is 26.2 Å². The second-order valence-electron chi connectivity index (χ2n) is 9.67. The topological polar surface area (TPSA) is 116 Å². The number of amides is 2. The Kier molecular flexibility index (Phi) is 8.84. The van der Waals surface area contributed by atoms with Gasteiger partial charge in [-0.3, -0.25) is 14.5 Å². The lowest BCUT2D eigenvalue weighted by atomic mass is 10.1. The molecule has 3 rings (SSSR count). The van der Waals surface area contributed by atoms with Gasteiger partial charge in [-0.2, -0.15) is 0 Å². The second kappa shape index (κ2) is 11.3. The lowest BCUT2D eigenvalue weighted by Gasteiger charge is -2.44. The molecule has 202 valence electrons. The van der Waals surface area contributed by atoms with Crippen molar-refractivity contribution in [3.05, 3.63) is 58.9 Å². The summed E-state index contributed by atoms with van der Waals surface area (Å²) in [7, 11) is -4.45. The van der Waals surface area contributed by atoms with Crippen LogP contribution in [0.5, 0.6) is 5.75 Å². The first-order valence-corrected chi connectivity index (χ1v) is 13.5. The Labute approximate surface area is 221 Å². The van der Waals surface area contributed by atoms with E-state index in [9.17, 15) is 27.5 Å². The van der Waals surface area contributed by atoms with Gasteiger partial charge in [0.25, 0.3) is 21.8 Å². The maximum atomic E-state index is 13.2. The number of benzene rings is 2. The van der Waals surface area contributed by atoms with Crippen LogP contribution < -0.4 is 9.46 Å². The van der Waals surface area contributed by atoms with E-state index in [4.69, 9.17) is 16.3 Å². The molecular formula is C25H31ClFN3O6S. The second-order valence-corrected chi connectivity index (χ2v) is 11.8. The molecule has 2 aromatic carbocycles. The molecule has 12 heteroatoms. The molecule has 2 unspecified atom stereocenters. The van der Waals surface area contributed by atoms with Gasteiger partial charge >= 0.3 is 0 Å². The van der Waals surface area contributed by atoms with E-state index in [2.05, 4.69) is 4.90 Å². The molecule has 1 saturated heterocycles. The molecule has 9 nitrogen and oxygen atoms in total. The van der Waals surface area contributed by atoms with Gasteiger partial charge in [-0.1, -0.05) is 23.7 Å². The number of nitrogens with one attached hydrogen (secondary N) is 1. The number of carbonyl (C=O) groups excluding carboxylic acids is 2. The van der Waals surface area contributed by atoms with Crippen molar-refractivity contribution in [2.24, 2.45) is 0 Å². The van der Waals surface area contributed by atoms with E-state index in [0.717, 1.165) is 25.5 Å². The molecule has 2 aromatic rings.